The van der Waals surface area contributed by atoms with E-state index in [-0.39, 0.29) is 6.54 Å². The van der Waals surface area contributed by atoms with E-state index in [1.807, 2.05) is 11.5 Å². The molecule has 0 aromatic carbocycles. The highest BCUT2D eigenvalue weighted by Gasteiger charge is 2.39. The molecule has 1 aromatic rings. The van der Waals surface area contributed by atoms with Crippen LogP contribution in [0.3, 0.4) is 0 Å². The van der Waals surface area contributed by atoms with Crippen LogP contribution in [0.15, 0.2) is 0 Å². The smallest absolute Gasteiger partial charge is 0.382 e. The lowest BCUT2D eigenvalue weighted by atomic mass is 10.3. The van der Waals surface area contributed by atoms with E-state index in [9.17, 15) is 13.2 Å². The molecule has 1 aromatic heterocycles. The molecule has 1 N–H and O–H groups in total. The molecule has 1 aliphatic rings. The van der Waals surface area contributed by atoms with Crippen molar-refractivity contribution < 1.29 is 18.3 Å². The Hall–Kier alpha value is -1.15. The van der Waals surface area contributed by atoms with Crippen molar-refractivity contribution in [3.63, 3.8) is 0 Å². The van der Waals surface area contributed by atoms with Crippen molar-refractivity contribution in [2.24, 2.45) is 0 Å². The van der Waals surface area contributed by atoms with E-state index in [1.165, 1.54) is 11.9 Å². The summed E-state index contributed by atoms with van der Waals surface area (Å²) in [5, 5.41) is 17.0. The number of alkyl halides is 3. The molecular formula is C11H17F3N4O. The highest BCUT2D eigenvalue weighted by molar-refractivity contribution is 5.01. The maximum atomic E-state index is 12.3. The number of nitrogens with zero attached hydrogens (tertiary/aromatic N) is 4. The third kappa shape index (κ3) is 3.44. The Labute approximate surface area is 109 Å². The summed E-state index contributed by atoms with van der Waals surface area (Å²) in [6, 6.07) is 0.380. The number of hydrogen-bond donors (Lipinski definition) is 1. The van der Waals surface area contributed by atoms with Crippen molar-refractivity contribution in [1.82, 2.24) is 19.7 Å². The van der Waals surface area contributed by atoms with Gasteiger partial charge in [0.05, 0.1) is 6.54 Å². The average Bonchev–Trinajstić information content (AvgIpc) is 3.04. The Morgan fingerprint density at radius 2 is 2.05 bits per heavy atom. The van der Waals surface area contributed by atoms with Crippen LogP contribution >= 0.6 is 0 Å². The average molecular weight is 278 g/mol. The van der Waals surface area contributed by atoms with Crippen molar-refractivity contribution >= 4 is 0 Å². The lowest BCUT2D eigenvalue weighted by Crippen LogP contribution is -2.39. The molecule has 0 saturated heterocycles. The van der Waals surface area contributed by atoms with Crippen LogP contribution in [0.4, 0.5) is 13.2 Å². The summed E-state index contributed by atoms with van der Waals surface area (Å²) in [4.78, 5) is 1.40. The maximum Gasteiger partial charge on any atom is 0.415 e. The van der Waals surface area contributed by atoms with E-state index in [1.54, 1.807) is 0 Å². The summed E-state index contributed by atoms with van der Waals surface area (Å²) >= 11 is 0. The van der Waals surface area contributed by atoms with Gasteiger partial charge in [-0.1, -0.05) is 0 Å². The van der Waals surface area contributed by atoms with E-state index in [2.05, 4.69) is 10.2 Å². The second-order valence-electron chi connectivity index (χ2n) is 5.02. The first-order chi connectivity index (χ1) is 8.79. The highest BCUT2D eigenvalue weighted by Crippen LogP contribution is 2.36. The molecule has 0 spiro atoms. The number of aryl methyl sites for hydroxylation is 1. The first-order valence-electron chi connectivity index (χ1n) is 6.12. The van der Waals surface area contributed by atoms with E-state index in [4.69, 9.17) is 5.11 Å². The molecule has 2 rings (SSSR count). The molecule has 0 amide bonds. The summed E-state index contributed by atoms with van der Waals surface area (Å²) < 4.78 is 38.7. The molecule has 108 valence electrons. The first kappa shape index (κ1) is 14.3. The fourth-order valence-corrected chi connectivity index (χ4v) is 2.03. The lowest BCUT2D eigenvalue weighted by molar-refractivity contribution is -0.207. The molecule has 1 unspecified atom stereocenters. The Morgan fingerprint density at radius 3 is 2.58 bits per heavy atom. The second-order valence-corrected chi connectivity index (χ2v) is 5.02. The Kier molecular flexibility index (Phi) is 3.82. The zero-order valence-electron chi connectivity index (χ0n) is 10.9. The van der Waals surface area contributed by atoms with Crippen LogP contribution in [0.2, 0.25) is 0 Å². The quantitative estimate of drug-likeness (QED) is 0.881. The van der Waals surface area contributed by atoms with Gasteiger partial charge < -0.3 is 9.67 Å². The summed E-state index contributed by atoms with van der Waals surface area (Å²) in [6.07, 6.45) is -4.81. The second kappa shape index (κ2) is 5.09. The predicted molar refractivity (Wildman–Crippen MR) is 61.4 cm³/mol. The summed E-state index contributed by atoms with van der Waals surface area (Å²) in [7, 11) is 1.52. The third-order valence-corrected chi connectivity index (χ3v) is 3.12. The molecule has 1 atom stereocenters. The topological polar surface area (TPSA) is 54.2 Å². The van der Waals surface area contributed by atoms with Crippen LogP contribution in [0.5, 0.6) is 0 Å². The fourth-order valence-electron chi connectivity index (χ4n) is 2.03. The minimum atomic E-state index is -4.59. The minimum Gasteiger partial charge on any atom is -0.382 e. The van der Waals surface area contributed by atoms with E-state index < -0.39 is 18.8 Å². The monoisotopic (exact) mass is 278 g/mol. The minimum absolute atomic E-state index is 0.241. The lowest BCUT2D eigenvalue weighted by Gasteiger charge is -2.22. The fraction of sp³-hybridized carbons (Fsp3) is 0.818. The summed E-state index contributed by atoms with van der Waals surface area (Å²) in [6.45, 7) is 1.60. The molecule has 1 fully saturated rings. The van der Waals surface area contributed by atoms with E-state index >= 15 is 0 Å². The van der Waals surface area contributed by atoms with Crippen molar-refractivity contribution in [2.75, 3.05) is 13.6 Å². The number of rotatable bonds is 5. The van der Waals surface area contributed by atoms with Gasteiger partial charge in [-0.05, 0) is 26.8 Å². The number of halogens is 3. The van der Waals surface area contributed by atoms with Crippen LogP contribution < -0.4 is 0 Å². The zero-order valence-corrected chi connectivity index (χ0v) is 10.9. The van der Waals surface area contributed by atoms with E-state index in [0.29, 0.717) is 11.9 Å². The first-order valence-corrected chi connectivity index (χ1v) is 6.12. The number of aliphatic hydroxyl groups excluding tert-OH is 1. The molecule has 0 aliphatic heterocycles. The molecule has 0 radical (unpaired) electrons. The Balaban J connectivity index is 1.97. The molecular weight excluding hydrogens is 261 g/mol. The molecule has 8 heteroatoms. The largest absolute Gasteiger partial charge is 0.415 e. The molecule has 1 heterocycles. The van der Waals surface area contributed by atoms with Gasteiger partial charge in [-0.15, -0.1) is 10.2 Å². The molecule has 0 bridgehead atoms. The molecule has 5 nitrogen and oxygen atoms in total. The van der Waals surface area contributed by atoms with Crippen LogP contribution in [0.1, 0.15) is 30.5 Å². The molecule has 1 saturated carbocycles. The van der Waals surface area contributed by atoms with Gasteiger partial charge in [-0.2, -0.15) is 13.2 Å². The van der Waals surface area contributed by atoms with Crippen LogP contribution in [-0.2, 0) is 6.54 Å². The standard InChI is InChI=1S/C11H17F3N4O/c1-7-15-16-10(18(7)8-3-4-8)6-17(2)5-9(19)11(12,13)14/h8-9,19H,3-6H2,1-2H3. The third-order valence-electron chi connectivity index (χ3n) is 3.12. The van der Waals surface area contributed by atoms with Crippen molar-refractivity contribution in [1.29, 1.82) is 0 Å². The van der Waals surface area contributed by atoms with Gasteiger partial charge in [-0.3, -0.25) is 4.90 Å². The van der Waals surface area contributed by atoms with Gasteiger partial charge in [-0.25, -0.2) is 0 Å². The van der Waals surface area contributed by atoms with Gasteiger partial charge in [0.25, 0.3) is 0 Å². The van der Waals surface area contributed by atoms with E-state index in [0.717, 1.165) is 18.7 Å². The molecule has 19 heavy (non-hydrogen) atoms. The Morgan fingerprint density at radius 1 is 1.42 bits per heavy atom. The van der Waals surface area contributed by atoms with Gasteiger partial charge in [0, 0.05) is 12.6 Å². The van der Waals surface area contributed by atoms with Crippen LogP contribution in [0, 0.1) is 6.92 Å². The molecule has 1 aliphatic carbocycles. The number of likely N-dealkylation sites (N-methyl/N-ethyl adjacent to an activating group) is 1. The van der Waals surface area contributed by atoms with Crippen molar-refractivity contribution in [2.45, 2.75) is 44.6 Å². The maximum absolute atomic E-state index is 12.3. The van der Waals surface area contributed by atoms with Gasteiger partial charge >= 0.3 is 6.18 Å². The predicted octanol–water partition coefficient (Wildman–Crippen LogP) is 1.28. The normalized spacial score (nSPS) is 18.1. The van der Waals surface area contributed by atoms with Crippen LogP contribution in [0.25, 0.3) is 0 Å². The zero-order chi connectivity index (χ0) is 14.2. The Bertz CT molecular complexity index is 442. The van der Waals surface area contributed by atoms with Gasteiger partial charge in [0.2, 0.25) is 0 Å². The number of aromatic nitrogens is 3. The summed E-state index contributed by atoms with van der Waals surface area (Å²) in [5.41, 5.74) is 0. The van der Waals surface area contributed by atoms with Crippen molar-refractivity contribution in [3.05, 3.63) is 11.6 Å². The van der Waals surface area contributed by atoms with Crippen molar-refractivity contribution in [3.8, 4) is 0 Å². The number of hydrogen-bond acceptors (Lipinski definition) is 4. The highest BCUT2D eigenvalue weighted by atomic mass is 19.4. The number of aliphatic hydroxyl groups is 1. The SMILES string of the molecule is Cc1nnc(CN(C)CC(O)C(F)(F)F)n1C1CC1. The van der Waals surface area contributed by atoms with Gasteiger partial charge in [0.1, 0.15) is 11.6 Å². The van der Waals surface area contributed by atoms with Crippen LogP contribution in [-0.4, -0.2) is 50.6 Å². The van der Waals surface area contributed by atoms with Gasteiger partial charge in [0.15, 0.2) is 6.10 Å². The summed E-state index contributed by atoms with van der Waals surface area (Å²) in [5.74, 6) is 1.43.